The van der Waals surface area contributed by atoms with Crippen LogP contribution in [0.1, 0.15) is 12.5 Å². The summed E-state index contributed by atoms with van der Waals surface area (Å²) in [4.78, 5) is 0. The zero-order valence-corrected chi connectivity index (χ0v) is 12.5. The SMILES string of the molecule is CCOc1cc(/C=C(\C#N)C(N)C(C#N)C#N)cc(Cl)c1O. The second kappa shape index (κ2) is 7.90. The third-order valence-corrected chi connectivity index (χ3v) is 3.09. The summed E-state index contributed by atoms with van der Waals surface area (Å²) < 4.78 is 5.24. The summed E-state index contributed by atoms with van der Waals surface area (Å²) in [5, 5.41) is 36.7. The summed E-state index contributed by atoms with van der Waals surface area (Å²) in [5.41, 5.74) is 6.28. The van der Waals surface area contributed by atoms with Crippen LogP contribution in [-0.2, 0) is 0 Å². The van der Waals surface area contributed by atoms with E-state index in [4.69, 9.17) is 37.9 Å². The first kappa shape index (κ1) is 17.3. The molecule has 0 fully saturated rings. The lowest BCUT2D eigenvalue weighted by Gasteiger charge is -2.12. The van der Waals surface area contributed by atoms with Crippen LogP contribution in [0.3, 0.4) is 0 Å². The molecule has 1 aromatic carbocycles. The van der Waals surface area contributed by atoms with Gasteiger partial charge in [-0.2, -0.15) is 15.8 Å². The zero-order valence-electron chi connectivity index (χ0n) is 11.7. The van der Waals surface area contributed by atoms with Gasteiger partial charge in [0.1, 0.15) is 0 Å². The Labute approximate surface area is 133 Å². The summed E-state index contributed by atoms with van der Waals surface area (Å²) >= 11 is 5.90. The molecule has 0 spiro atoms. The summed E-state index contributed by atoms with van der Waals surface area (Å²) in [5.74, 6) is -1.16. The average molecular weight is 317 g/mol. The van der Waals surface area contributed by atoms with E-state index in [9.17, 15) is 5.11 Å². The van der Waals surface area contributed by atoms with Crippen molar-refractivity contribution < 1.29 is 9.84 Å². The molecule has 1 atom stereocenters. The predicted octanol–water partition coefficient (Wildman–Crippen LogP) is 2.34. The van der Waals surface area contributed by atoms with Gasteiger partial charge in [-0.1, -0.05) is 11.6 Å². The predicted molar refractivity (Wildman–Crippen MR) is 80.6 cm³/mol. The monoisotopic (exact) mass is 316 g/mol. The zero-order chi connectivity index (χ0) is 16.7. The number of nitriles is 3. The topological polar surface area (TPSA) is 127 Å². The van der Waals surface area contributed by atoms with Crippen LogP contribution in [0.2, 0.25) is 5.02 Å². The van der Waals surface area contributed by atoms with E-state index in [0.29, 0.717) is 12.2 Å². The molecule has 1 aromatic rings. The number of halogens is 1. The maximum Gasteiger partial charge on any atom is 0.176 e. The number of benzene rings is 1. The number of ether oxygens (including phenoxy) is 1. The van der Waals surface area contributed by atoms with Gasteiger partial charge >= 0.3 is 0 Å². The Bertz CT molecular complexity index is 696. The molecule has 0 aliphatic heterocycles. The summed E-state index contributed by atoms with van der Waals surface area (Å²) in [6.45, 7) is 2.07. The molecule has 0 bridgehead atoms. The lowest BCUT2D eigenvalue weighted by atomic mass is 9.95. The Morgan fingerprint density at radius 2 is 2.05 bits per heavy atom. The highest BCUT2D eigenvalue weighted by Gasteiger charge is 2.21. The van der Waals surface area contributed by atoms with Gasteiger partial charge in [-0.15, -0.1) is 0 Å². The van der Waals surface area contributed by atoms with Gasteiger partial charge in [0.05, 0.1) is 35.9 Å². The molecule has 0 heterocycles. The molecule has 112 valence electrons. The molecule has 0 saturated heterocycles. The average Bonchev–Trinajstić information content (AvgIpc) is 2.50. The molecule has 0 aliphatic carbocycles. The van der Waals surface area contributed by atoms with Gasteiger partial charge in [0.25, 0.3) is 0 Å². The fourth-order valence-corrected chi connectivity index (χ4v) is 1.91. The third kappa shape index (κ3) is 3.90. The normalized spacial score (nSPS) is 12.1. The number of aromatic hydroxyl groups is 1. The Hall–Kier alpha value is -2.72. The van der Waals surface area contributed by atoms with Crippen LogP contribution in [0.5, 0.6) is 11.5 Å². The smallest absolute Gasteiger partial charge is 0.176 e. The molecule has 7 heteroatoms. The summed E-state index contributed by atoms with van der Waals surface area (Å²) in [7, 11) is 0. The highest BCUT2D eigenvalue weighted by atomic mass is 35.5. The van der Waals surface area contributed by atoms with Crippen molar-refractivity contribution in [3.05, 3.63) is 28.3 Å². The van der Waals surface area contributed by atoms with Crippen molar-refractivity contribution in [2.75, 3.05) is 6.61 Å². The Morgan fingerprint density at radius 1 is 1.41 bits per heavy atom. The fourth-order valence-electron chi connectivity index (χ4n) is 1.69. The standard InChI is InChI=1S/C15H13ClN4O2/c1-2-22-13-5-9(4-12(16)15(13)21)3-10(6-17)14(20)11(7-18)8-19/h3-5,11,14,21H,2,20H2,1H3/b10-3+. The first-order valence-electron chi connectivity index (χ1n) is 6.30. The molecule has 22 heavy (non-hydrogen) atoms. The minimum Gasteiger partial charge on any atom is -0.503 e. The number of phenolic OH excluding ortho intramolecular Hbond substituents is 1. The molecule has 0 saturated carbocycles. The van der Waals surface area contributed by atoms with Crippen molar-refractivity contribution in [3.8, 4) is 29.7 Å². The number of phenols is 1. The van der Waals surface area contributed by atoms with E-state index in [1.807, 2.05) is 6.07 Å². The molecule has 1 unspecified atom stereocenters. The molecule has 0 aromatic heterocycles. The van der Waals surface area contributed by atoms with Crippen molar-refractivity contribution in [3.63, 3.8) is 0 Å². The maximum atomic E-state index is 9.76. The lowest BCUT2D eigenvalue weighted by Crippen LogP contribution is -2.29. The van der Waals surface area contributed by atoms with Crippen molar-refractivity contribution >= 4 is 17.7 Å². The van der Waals surface area contributed by atoms with Gasteiger partial charge in [-0.3, -0.25) is 0 Å². The van der Waals surface area contributed by atoms with Crippen LogP contribution in [0.25, 0.3) is 6.08 Å². The molecule has 6 nitrogen and oxygen atoms in total. The third-order valence-electron chi connectivity index (χ3n) is 2.80. The number of nitrogens with two attached hydrogens (primary N) is 1. The Kier molecular flexibility index (Phi) is 6.23. The van der Waals surface area contributed by atoms with Crippen LogP contribution < -0.4 is 10.5 Å². The number of hydrogen-bond donors (Lipinski definition) is 2. The molecule has 0 aliphatic rings. The van der Waals surface area contributed by atoms with Crippen LogP contribution >= 0.6 is 11.6 Å². The van der Waals surface area contributed by atoms with E-state index < -0.39 is 12.0 Å². The minimum absolute atomic E-state index is 0.0531. The molecular weight excluding hydrogens is 304 g/mol. The van der Waals surface area contributed by atoms with Gasteiger partial charge in [0, 0.05) is 5.57 Å². The fraction of sp³-hybridized carbons (Fsp3) is 0.267. The second-order valence-electron chi connectivity index (χ2n) is 4.26. The van der Waals surface area contributed by atoms with E-state index in [2.05, 4.69) is 0 Å². The van der Waals surface area contributed by atoms with Gasteiger partial charge in [0.15, 0.2) is 17.4 Å². The highest BCUT2D eigenvalue weighted by molar-refractivity contribution is 6.32. The first-order valence-corrected chi connectivity index (χ1v) is 6.68. The van der Waals surface area contributed by atoms with Crippen LogP contribution in [0.4, 0.5) is 0 Å². The molecule has 3 N–H and O–H groups in total. The number of hydrogen-bond acceptors (Lipinski definition) is 6. The van der Waals surface area contributed by atoms with Crippen LogP contribution in [0.15, 0.2) is 17.7 Å². The summed E-state index contributed by atoms with van der Waals surface area (Å²) in [6.07, 6.45) is 1.40. The lowest BCUT2D eigenvalue weighted by molar-refractivity contribution is 0.318. The van der Waals surface area contributed by atoms with Crippen LogP contribution in [0, 0.1) is 39.9 Å². The molecule has 1 rings (SSSR count). The Balaban J connectivity index is 3.28. The van der Waals surface area contributed by atoms with E-state index in [0.717, 1.165) is 0 Å². The first-order chi connectivity index (χ1) is 10.5. The van der Waals surface area contributed by atoms with Crippen LogP contribution in [-0.4, -0.2) is 17.8 Å². The maximum absolute atomic E-state index is 9.76. The largest absolute Gasteiger partial charge is 0.503 e. The molecule has 0 radical (unpaired) electrons. The van der Waals surface area contributed by atoms with E-state index >= 15 is 0 Å². The summed E-state index contributed by atoms with van der Waals surface area (Å²) in [6, 6.07) is 7.22. The van der Waals surface area contributed by atoms with Crippen molar-refractivity contribution in [1.82, 2.24) is 0 Å². The van der Waals surface area contributed by atoms with E-state index in [1.165, 1.54) is 18.2 Å². The number of nitrogens with zero attached hydrogens (tertiary/aromatic N) is 3. The van der Waals surface area contributed by atoms with Crippen molar-refractivity contribution in [2.24, 2.45) is 11.7 Å². The number of rotatable bonds is 5. The quantitative estimate of drug-likeness (QED) is 0.802. The highest BCUT2D eigenvalue weighted by Crippen LogP contribution is 2.36. The van der Waals surface area contributed by atoms with Crippen molar-refractivity contribution in [2.45, 2.75) is 13.0 Å². The molecule has 0 amide bonds. The Morgan fingerprint density at radius 3 is 2.55 bits per heavy atom. The van der Waals surface area contributed by atoms with Gasteiger partial charge < -0.3 is 15.6 Å². The van der Waals surface area contributed by atoms with Gasteiger partial charge in [0.2, 0.25) is 0 Å². The van der Waals surface area contributed by atoms with Crippen molar-refractivity contribution in [1.29, 1.82) is 15.8 Å². The van der Waals surface area contributed by atoms with E-state index in [1.54, 1.807) is 19.1 Å². The molecular formula is C15H13ClN4O2. The second-order valence-corrected chi connectivity index (χ2v) is 4.66. The van der Waals surface area contributed by atoms with E-state index in [-0.39, 0.29) is 22.1 Å². The van der Waals surface area contributed by atoms with Gasteiger partial charge in [-0.05, 0) is 30.7 Å². The van der Waals surface area contributed by atoms with Gasteiger partial charge in [-0.25, -0.2) is 0 Å². The minimum atomic E-state index is -1.13.